The number of halogens is 1. The SMILES string of the molecule is CN1CCN(c2cc(C(=O)NCCn3cnc(-c4ccc(F)cc4)cc3=O)ncn2)CC1. The van der Waals surface area contributed by atoms with Gasteiger partial charge in [-0.1, -0.05) is 0 Å². The summed E-state index contributed by atoms with van der Waals surface area (Å²) in [6, 6.07) is 8.86. The lowest BCUT2D eigenvalue weighted by molar-refractivity contribution is 0.0947. The molecule has 2 aromatic heterocycles. The van der Waals surface area contributed by atoms with Crippen LogP contribution < -0.4 is 15.8 Å². The molecule has 1 aliphatic rings. The van der Waals surface area contributed by atoms with E-state index in [-0.39, 0.29) is 36.1 Å². The molecule has 3 aromatic rings. The van der Waals surface area contributed by atoms with Crippen molar-refractivity contribution in [2.45, 2.75) is 6.54 Å². The van der Waals surface area contributed by atoms with Crippen LogP contribution in [-0.2, 0) is 6.54 Å². The summed E-state index contributed by atoms with van der Waals surface area (Å²) in [5.74, 6) is 0.0546. The van der Waals surface area contributed by atoms with Crippen molar-refractivity contribution in [3.8, 4) is 11.3 Å². The van der Waals surface area contributed by atoms with Crippen molar-refractivity contribution in [1.82, 2.24) is 29.7 Å². The highest BCUT2D eigenvalue weighted by atomic mass is 19.1. The third-order valence-corrected chi connectivity index (χ3v) is 5.37. The van der Waals surface area contributed by atoms with E-state index < -0.39 is 0 Å². The van der Waals surface area contributed by atoms with Crippen LogP contribution in [0, 0.1) is 5.82 Å². The molecule has 10 heteroatoms. The van der Waals surface area contributed by atoms with E-state index in [1.165, 1.54) is 35.4 Å². The Kier molecular flexibility index (Phi) is 6.50. The smallest absolute Gasteiger partial charge is 0.270 e. The van der Waals surface area contributed by atoms with Crippen LogP contribution >= 0.6 is 0 Å². The molecule has 0 radical (unpaired) electrons. The summed E-state index contributed by atoms with van der Waals surface area (Å²) in [5.41, 5.74) is 1.15. The summed E-state index contributed by atoms with van der Waals surface area (Å²) in [4.78, 5) is 41.9. The maximum atomic E-state index is 13.1. The molecule has 0 aliphatic carbocycles. The first-order chi connectivity index (χ1) is 15.5. The third-order valence-electron chi connectivity index (χ3n) is 5.37. The van der Waals surface area contributed by atoms with Gasteiger partial charge in [0, 0.05) is 57.0 Å². The Balaban J connectivity index is 1.34. The minimum atomic E-state index is -0.350. The third kappa shape index (κ3) is 5.14. The van der Waals surface area contributed by atoms with Gasteiger partial charge >= 0.3 is 0 Å². The second-order valence-corrected chi connectivity index (χ2v) is 7.62. The minimum Gasteiger partial charge on any atom is -0.354 e. The van der Waals surface area contributed by atoms with Gasteiger partial charge in [0.15, 0.2) is 0 Å². The van der Waals surface area contributed by atoms with Crippen molar-refractivity contribution in [3.63, 3.8) is 0 Å². The van der Waals surface area contributed by atoms with Gasteiger partial charge in [-0.2, -0.15) is 0 Å². The summed E-state index contributed by atoms with van der Waals surface area (Å²) >= 11 is 0. The maximum absolute atomic E-state index is 13.1. The van der Waals surface area contributed by atoms with E-state index in [2.05, 4.69) is 37.1 Å². The first-order valence-electron chi connectivity index (χ1n) is 10.4. The van der Waals surface area contributed by atoms with Crippen LogP contribution in [0.5, 0.6) is 0 Å². The van der Waals surface area contributed by atoms with Crippen LogP contribution in [0.25, 0.3) is 11.3 Å². The molecule has 3 heterocycles. The Hall–Kier alpha value is -3.66. The number of nitrogens with zero attached hydrogens (tertiary/aromatic N) is 6. The molecule has 1 N–H and O–H groups in total. The molecule has 9 nitrogen and oxygen atoms in total. The van der Waals surface area contributed by atoms with Crippen LogP contribution in [0.3, 0.4) is 0 Å². The summed E-state index contributed by atoms with van der Waals surface area (Å²) in [6.45, 7) is 4.07. The zero-order valence-electron chi connectivity index (χ0n) is 17.7. The van der Waals surface area contributed by atoms with Gasteiger partial charge in [0.25, 0.3) is 11.5 Å². The summed E-state index contributed by atoms with van der Waals surface area (Å²) in [5, 5.41) is 2.78. The van der Waals surface area contributed by atoms with Crippen molar-refractivity contribution in [1.29, 1.82) is 0 Å². The number of aromatic nitrogens is 4. The predicted octanol–water partition coefficient (Wildman–Crippen LogP) is 1.02. The monoisotopic (exact) mass is 437 g/mol. The van der Waals surface area contributed by atoms with Crippen LogP contribution in [0.1, 0.15) is 10.5 Å². The number of anilines is 1. The zero-order chi connectivity index (χ0) is 22.5. The van der Waals surface area contributed by atoms with Gasteiger partial charge in [-0.25, -0.2) is 19.3 Å². The molecule has 0 atom stereocenters. The number of carbonyl (C=O) groups excluding carboxylic acids is 1. The summed E-state index contributed by atoms with van der Waals surface area (Å²) in [7, 11) is 2.08. The van der Waals surface area contributed by atoms with Crippen molar-refractivity contribution in [2.24, 2.45) is 0 Å². The first kappa shape index (κ1) is 21.6. The lowest BCUT2D eigenvalue weighted by Gasteiger charge is -2.33. The van der Waals surface area contributed by atoms with E-state index in [1.54, 1.807) is 18.2 Å². The molecular weight excluding hydrogens is 413 g/mol. The summed E-state index contributed by atoms with van der Waals surface area (Å²) < 4.78 is 14.5. The molecule has 4 rings (SSSR count). The van der Waals surface area contributed by atoms with Crippen molar-refractivity contribution < 1.29 is 9.18 Å². The van der Waals surface area contributed by atoms with E-state index in [0.717, 1.165) is 32.0 Å². The summed E-state index contributed by atoms with van der Waals surface area (Å²) in [6.07, 6.45) is 2.81. The average molecular weight is 437 g/mol. The van der Waals surface area contributed by atoms with Crippen LogP contribution in [0.2, 0.25) is 0 Å². The maximum Gasteiger partial charge on any atom is 0.270 e. The fourth-order valence-electron chi connectivity index (χ4n) is 3.43. The fourth-order valence-corrected chi connectivity index (χ4v) is 3.43. The van der Waals surface area contributed by atoms with Crippen LogP contribution in [0.15, 0.2) is 53.8 Å². The van der Waals surface area contributed by atoms with Gasteiger partial charge in [0.05, 0.1) is 12.0 Å². The molecule has 1 saturated heterocycles. The number of amides is 1. The second kappa shape index (κ2) is 9.65. The van der Waals surface area contributed by atoms with Crippen LogP contribution in [0.4, 0.5) is 10.2 Å². The highest BCUT2D eigenvalue weighted by Gasteiger charge is 2.17. The lowest BCUT2D eigenvalue weighted by atomic mass is 10.1. The Morgan fingerprint density at radius 3 is 2.53 bits per heavy atom. The molecular formula is C22H24FN7O2. The molecule has 166 valence electrons. The van der Waals surface area contributed by atoms with Crippen molar-refractivity contribution in [2.75, 3.05) is 44.7 Å². The fraction of sp³-hybridized carbons (Fsp3) is 0.318. The zero-order valence-corrected chi connectivity index (χ0v) is 17.7. The highest BCUT2D eigenvalue weighted by molar-refractivity contribution is 5.92. The Bertz CT molecular complexity index is 1140. The standard InChI is InChI=1S/C22H24FN7O2/c1-28-8-10-29(11-9-28)20-12-19(25-14-26-20)22(32)24-6-7-30-15-27-18(13-21(30)31)16-2-4-17(23)5-3-16/h2-5,12-15H,6-11H2,1H3,(H,24,32). The Morgan fingerprint density at radius 2 is 1.81 bits per heavy atom. The van der Waals surface area contributed by atoms with Crippen LogP contribution in [-0.4, -0.2) is 70.1 Å². The number of likely N-dealkylation sites (N-methyl/N-ethyl adjacent to an activating group) is 1. The van der Waals surface area contributed by atoms with Gasteiger partial charge in [0.1, 0.15) is 23.7 Å². The molecule has 1 aliphatic heterocycles. The molecule has 1 aromatic carbocycles. The lowest BCUT2D eigenvalue weighted by Crippen LogP contribution is -2.45. The van der Waals surface area contributed by atoms with E-state index in [9.17, 15) is 14.0 Å². The van der Waals surface area contributed by atoms with Crippen molar-refractivity contribution >= 4 is 11.7 Å². The number of rotatable bonds is 6. The number of hydrogen-bond donors (Lipinski definition) is 1. The highest BCUT2D eigenvalue weighted by Crippen LogP contribution is 2.15. The number of benzene rings is 1. The Morgan fingerprint density at radius 1 is 1.06 bits per heavy atom. The van der Waals surface area contributed by atoms with Gasteiger partial charge in [-0.3, -0.25) is 14.2 Å². The van der Waals surface area contributed by atoms with Gasteiger partial charge in [-0.05, 0) is 31.3 Å². The molecule has 0 spiro atoms. The minimum absolute atomic E-state index is 0.240. The molecule has 1 fully saturated rings. The molecule has 1 amide bonds. The van der Waals surface area contributed by atoms with Gasteiger partial charge in [-0.15, -0.1) is 0 Å². The molecule has 0 bridgehead atoms. The topological polar surface area (TPSA) is 96.2 Å². The largest absolute Gasteiger partial charge is 0.354 e. The van der Waals surface area contributed by atoms with E-state index in [0.29, 0.717) is 11.3 Å². The first-order valence-corrected chi connectivity index (χ1v) is 10.4. The molecule has 0 saturated carbocycles. The average Bonchev–Trinajstić information content (AvgIpc) is 2.81. The number of hydrogen-bond acceptors (Lipinski definition) is 7. The predicted molar refractivity (Wildman–Crippen MR) is 118 cm³/mol. The molecule has 32 heavy (non-hydrogen) atoms. The molecule has 0 unspecified atom stereocenters. The Labute approximate surface area is 184 Å². The van der Waals surface area contributed by atoms with Crippen molar-refractivity contribution in [3.05, 3.63) is 70.9 Å². The normalized spacial score (nSPS) is 14.4. The number of nitrogens with one attached hydrogen (secondary N) is 1. The van der Waals surface area contributed by atoms with E-state index >= 15 is 0 Å². The van der Waals surface area contributed by atoms with Gasteiger partial charge < -0.3 is 15.1 Å². The van der Waals surface area contributed by atoms with E-state index in [1.807, 2.05) is 0 Å². The second-order valence-electron chi connectivity index (χ2n) is 7.62. The van der Waals surface area contributed by atoms with Gasteiger partial charge in [0.2, 0.25) is 0 Å². The number of piperazine rings is 1. The quantitative estimate of drug-likeness (QED) is 0.615. The number of carbonyl (C=O) groups is 1. The van der Waals surface area contributed by atoms with E-state index in [4.69, 9.17) is 0 Å².